The van der Waals surface area contributed by atoms with Crippen LogP contribution in [0.2, 0.25) is 0 Å². The van der Waals surface area contributed by atoms with Gasteiger partial charge < -0.3 is 9.84 Å². The van der Waals surface area contributed by atoms with Gasteiger partial charge in [-0.2, -0.15) is 0 Å². The number of rotatable bonds is 6. The average molecular weight is 463 g/mol. The number of ether oxygens (including phenoxy) is 1. The second-order valence-corrected chi connectivity index (χ2v) is 7.56. The second kappa shape index (κ2) is 8.11. The molecule has 5 nitrogen and oxygen atoms in total. The molecule has 0 spiro atoms. The Labute approximate surface area is 157 Å². The molecule has 0 radical (unpaired) electrons. The number of carboxylic acids is 1. The summed E-state index contributed by atoms with van der Waals surface area (Å²) >= 11 is 8.63. The molecule has 0 atom stereocenters. The van der Waals surface area contributed by atoms with Gasteiger partial charge in [0.2, 0.25) is 0 Å². The molecule has 1 aliphatic rings. The van der Waals surface area contributed by atoms with E-state index >= 15 is 0 Å². The first-order chi connectivity index (χ1) is 10.9. The van der Waals surface area contributed by atoms with E-state index in [1.807, 2.05) is 18.2 Å². The molecule has 1 amide bonds. The molecule has 0 bridgehead atoms. The van der Waals surface area contributed by atoms with Gasteiger partial charge in [-0.15, -0.1) is 0 Å². The summed E-state index contributed by atoms with van der Waals surface area (Å²) in [6, 6.07) is 5.65. The predicted molar refractivity (Wildman–Crippen MR) is 102 cm³/mol. The molecule has 8 heteroatoms. The number of carboxylic acid groups (broad SMARTS) is 1. The molecule has 0 aliphatic carbocycles. The van der Waals surface area contributed by atoms with E-state index in [-0.39, 0.29) is 12.3 Å². The van der Waals surface area contributed by atoms with Crippen molar-refractivity contribution in [1.29, 1.82) is 0 Å². The van der Waals surface area contributed by atoms with Crippen LogP contribution < -0.4 is 4.74 Å². The Bertz CT molecular complexity index is 690. The lowest BCUT2D eigenvalue weighted by molar-refractivity contribution is -0.137. The molecule has 0 aromatic heterocycles. The molecule has 1 heterocycles. The lowest BCUT2D eigenvalue weighted by Gasteiger charge is -2.13. The standard InChI is InChI=1S/C15H14INO4S2/c1-21-11-5-4-9(7-10(11)16)8-12-14(20)17(15(22)23-12)6-2-3-13(18)19/h4-5,7-8H,2-3,6H2,1H3,(H,18,19)/b12-8-. The van der Waals surface area contributed by atoms with E-state index in [1.165, 1.54) is 16.7 Å². The van der Waals surface area contributed by atoms with Gasteiger partial charge in [0.15, 0.2) is 0 Å². The fraction of sp³-hybridized carbons (Fsp3) is 0.267. The molecule has 122 valence electrons. The van der Waals surface area contributed by atoms with E-state index in [0.29, 0.717) is 22.2 Å². The van der Waals surface area contributed by atoms with Crippen molar-refractivity contribution >= 4 is 68.8 Å². The van der Waals surface area contributed by atoms with Gasteiger partial charge in [0.1, 0.15) is 10.1 Å². The fourth-order valence-electron chi connectivity index (χ4n) is 2.00. The van der Waals surface area contributed by atoms with E-state index in [2.05, 4.69) is 22.6 Å². The Balaban J connectivity index is 2.11. The van der Waals surface area contributed by atoms with E-state index in [9.17, 15) is 9.59 Å². The summed E-state index contributed by atoms with van der Waals surface area (Å²) in [5.74, 6) is -0.265. The maximum absolute atomic E-state index is 12.4. The van der Waals surface area contributed by atoms with E-state index in [1.54, 1.807) is 13.2 Å². The van der Waals surface area contributed by atoms with Crippen LogP contribution in [0.5, 0.6) is 5.75 Å². The number of carbonyl (C=O) groups is 2. The molecule has 1 fully saturated rings. The monoisotopic (exact) mass is 463 g/mol. The van der Waals surface area contributed by atoms with Gasteiger partial charge in [-0.05, 0) is 52.8 Å². The summed E-state index contributed by atoms with van der Waals surface area (Å²) < 4.78 is 6.63. The lowest BCUT2D eigenvalue weighted by Crippen LogP contribution is -2.29. The Morgan fingerprint density at radius 1 is 1.52 bits per heavy atom. The average Bonchev–Trinajstić information content (AvgIpc) is 2.74. The number of thiocarbonyl (C=S) groups is 1. The predicted octanol–water partition coefficient (Wildman–Crippen LogP) is 3.37. The van der Waals surface area contributed by atoms with Gasteiger partial charge in [-0.1, -0.05) is 30.0 Å². The zero-order chi connectivity index (χ0) is 17.0. The van der Waals surface area contributed by atoms with Crippen LogP contribution in [-0.4, -0.2) is 39.9 Å². The van der Waals surface area contributed by atoms with Crippen LogP contribution >= 0.6 is 46.6 Å². The summed E-state index contributed by atoms with van der Waals surface area (Å²) in [6.07, 6.45) is 2.19. The fourth-order valence-corrected chi connectivity index (χ4v) is 4.07. The van der Waals surface area contributed by atoms with Gasteiger partial charge in [0.05, 0.1) is 15.6 Å². The Morgan fingerprint density at radius 3 is 2.87 bits per heavy atom. The highest BCUT2D eigenvalue weighted by atomic mass is 127. The zero-order valence-electron chi connectivity index (χ0n) is 12.2. The van der Waals surface area contributed by atoms with Crippen molar-refractivity contribution in [2.75, 3.05) is 13.7 Å². The maximum atomic E-state index is 12.4. The first-order valence-electron chi connectivity index (χ1n) is 6.73. The van der Waals surface area contributed by atoms with Gasteiger partial charge >= 0.3 is 5.97 Å². The molecule has 2 rings (SSSR count). The van der Waals surface area contributed by atoms with Gasteiger partial charge in [-0.3, -0.25) is 14.5 Å². The number of benzene rings is 1. The molecule has 1 N–H and O–H groups in total. The SMILES string of the molecule is COc1ccc(/C=C2\SC(=S)N(CCCC(=O)O)C2=O)cc1I. The molecule has 1 aliphatic heterocycles. The highest BCUT2D eigenvalue weighted by Gasteiger charge is 2.31. The highest BCUT2D eigenvalue weighted by Crippen LogP contribution is 2.33. The Morgan fingerprint density at radius 2 is 2.26 bits per heavy atom. The van der Waals surface area contributed by atoms with E-state index in [4.69, 9.17) is 22.1 Å². The minimum Gasteiger partial charge on any atom is -0.496 e. The minimum atomic E-state index is -0.876. The lowest BCUT2D eigenvalue weighted by atomic mass is 10.2. The molecule has 1 aromatic rings. The largest absolute Gasteiger partial charge is 0.496 e. The minimum absolute atomic E-state index is 0.0206. The number of amides is 1. The number of halogens is 1. The summed E-state index contributed by atoms with van der Waals surface area (Å²) in [4.78, 5) is 25.0. The third-order valence-electron chi connectivity index (χ3n) is 3.12. The number of hydrogen-bond donors (Lipinski definition) is 1. The number of aliphatic carboxylic acids is 1. The quantitative estimate of drug-likeness (QED) is 0.397. The van der Waals surface area contributed by atoms with Crippen molar-refractivity contribution in [2.45, 2.75) is 12.8 Å². The molecule has 0 unspecified atom stereocenters. The first-order valence-corrected chi connectivity index (χ1v) is 9.03. The van der Waals surface area contributed by atoms with Crippen LogP contribution in [0.3, 0.4) is 0 Å². The molecule has 23 heavy (non-hydrogen) atoms. The summed E-state index contributed by atoms with van der Waals surface area (Å²) in [6.45, 7) is 0.328. The van der Waals surface area contributed by atoms with Crippen LogP contribution in [0.1, 0.15) is 18.4 Å². The number of methoxy groups -OCH3 is 1. The number of hydrogen-bond acceptors (Lipinski definition) is 5. The van der Waals surface area contributed by atoms with Crippen molar-refractivity contribution in [3.05, 3.63) is 32.2 Å². The van der Waals surface area contributed by atoms with Gasteiger partial charge in [0, 0.05) is 13.0 Å². The van der Waals surface area contributed by atoms with Crippen LogP contribution in [0.4, 0.5) is 0 Å². The van der Waals surface area contributed by atoms with Crippen LogP contribution in [0.25, 0.3) is 6.08 Å². The molecular weight excluding hydrogens is 449 g/mol. The van der Waals surface area contributed by atoms with Crippen molar-refractivity contribution in [2.24, 2.45) is 0 Å². The van der Waals surface area contributed by atoms with Crippen LogP contribution in [-0.2, 0) is 9.59 Å². The third-order valence-corrected chi connectivity index (χ3v) is 5.34. The van der Waals surface area contributed by atoms with E-state index in [0.717, 1.165) is 14.9 Å². The topological polar surface area (TPSA) is 66.8 Å². The highest BCUT2D eigenvalue weighted by molar-refractivity contribution is 14.1. The van der Waals surface area contributed by atoms with Gasteiger partial charge in [-0.25, -0.2) is 0 Å². The second-order valence-electron chi connectivity index (χ2n) is 4.72. The molecule has 1 saturated heterocycles. The maximum Gasteiger partial charge on any atom is 0.303 e. The third kappa shape index (κ3) is 4.67. The number of carbonyl (C=O) groups excluding carboxylic acids is 1. The summed E-state index contributed by atoms with van der Waals surface area (Å²) in [5, 5.41) is 8.67. The summed E-state index contributed by atoms with van der Waals surface area (Å²) in [7, 11) is 1.61. The Hall–Kier alpha value is -1.13. The number of nitrogens with zero attached hydrogens (tertiary/aromatic N) is 1. The van der Waals surface area contributed by atoms with Crippen molar-refractivity contribution < 1.29 is 19.4 Å². The number of thioether (sulfide) groups is 1. The Kier molecular flexibility index (Phi) is 6.42. The van der Waals surface area contributed by atoms with Crippen molar-refractivity contribution in [1.82, 2.24) is 4.90 Å². The smallest absolute Gasteiger partial charge is 0.303 e. The van der Waals surface area contributed by atoms with Gasteiger partial charge in [0.25, 0.3) is 5.91 Å². The van der Waals surface area contributed by atoms with E-state index < -0.39 is 5.97 Å². The van der Waals surface area contributed by atoms with Crippen molar-refractivity contribution in [3.8, 4) is 5.75 Å². The van der Waals surface area contributed by atoms with Crippen LogP contribution in [0, 0.1) is 3.57 Å². The zero-order valence-corrected chi connectivity index (χ0v) is 16.0. The van der Waals surface area contributed by atoms with Crippen LogP contribution in [0.15, 0.2) is 23.1 Å². The van der Waals surface area contributed by atoms with Crippen molar-refractivity contribution in [3.63, 3.8) is 0 Å². The first kappa shape index (κ1) is 18.2. The molecule has 1 aromatic carbocycles. The summed E-state index contributed by atoms with van der Waals surface area (Å²) in [5.41, 5.74) is 0.890. The molecular formula is C15H14INO4S2. The normalized spacial score (nSPS) is 16.3. The molecule has 0 saturated carbocycles.